The lowest BCUT2D eigenvalue weighted by Gasteiger charge is -2.06. The summed E-state index contributed by atoms with van der Waals surface area (Å²) in [6.45, 7) is 3.63. The van der Waals surface area contributed by atoms with Crippen molar-refractivity contribution in [3.63, 3.8) is 0 Å². The van der Waals surface area contributed by atoms with Crippen molar-refractivity contribution in [2.24, 2.45) is 11.8 Å². The van der Waals surface area contributed by atoms with Gasteiger partial charge in [-0.15, -0.1) is 6.42 Å². The van der Waals surface area contributed by atoms with Crippen LogP contribution in [0.5, 0.6) is 0 Å². The van der Waals surface area contributed by atoms with Crippen LogP contribution in [0, 0.1) is 24.2 Å². The predicted octanol–water partition coefficient (Wildman–Crippen LogP) is 0.817. The quantitative estimate of drug-likeness (QED) is 0.366. The zero-order valence-electron chi connectivity index (χ0n) is 6.13. The van der Waals surface area contributed by atoms with Crippen molar-refractivity contribution < 1.29 is 9.53 Å². The summed E-state index contributed by atoms with van der Waals surface area (Å²) in [5, 5.41) is 0. The average Bonchev–Trinajstić information content (AvgIpc) is 2.09. The fourth-order valence-electron chi connectivity index (χ4n) is 1.20. The molecule has 0 aromatic heterocycles. The van der Waals surface area contributed by atoms with Crippen molar-refractivity contribution in [2.75, 3.05) is 0 Å². The molecule has 1 fully saturated rings. The minimum absolute atomic E-state index is 0.0347. The number of rotatable bonds is 0. The summed E-state index contributed by atoms with van der Waals surface area (Å²) in [6.07, 6.45) is 5.09. The van der Waals surface area contributed by atoms with Gasteiger partial charge in [0.15, 0.2) is 0 Å². The van der Waals surface area contributed by atoms with E-state index in [4.69, 9.17) is 11.2 Å². The molecule has 1 rings (SSSR count). The number of esters is 1. The number of hydrogen-bond acceptors (Lipinski definition) is 2. The molecule has 10 heavy (non-hydrogen) atoms. The molecular weight excluding hydrogens is 128 g/mol. The second kappa shape index (κ2) is 2.34. The van der Waals surface area contributed by atoms with Crippen molar-refractivity contribution in [3.05, 3.63) is 0 Å². The third kappa shape index (κ3) is 0.881. The van der Waals surface area contributed by atoms with Crippen LogP contribution in [0.15, 0.2) is 0 Å². The van der Waals surface area contributed by atoms with Gasteiger partial charge in [0.1, 0.15) is 6.10 Å². The smallest absolute Gasteiger partial charge is 0.310 e. The van der Waals surface area contributed by atoms with E-state index < -0.39 is 0 Å². The highest BCUT2D eigenvalue weighted by Gasteiger charge is 2.37. The zero-order valence-corrected chi connectivity index (χ0v) is 6.13. The van der Waals surface area contributed by atoms with Crippen molar-refractivity contribution in [1.29, 1.82) is 0 Å². The van der Waals surface area contributed by atoms with Crippen LogP contribution in [0.1, 0.15) is 13.8 Å². The highest BCUT2D eigenvalue weighted by Crippen LogP contribution is 2.26. The predicted molar refractivity (Wildman–Crippen MR) is 37.0 cm³/mol. The molecule has 1 heterocycles. The first-order valence-electron chi connectivity index (χ1n) is 3.33. The molecule has 0 radical (unpaired) electrons. The third-order valence-corrected chi connectivity index (χ3v) is 1.91. The van der Waals surface area contributed by atoms with E-state index in [2.05, 4.69) is 5.92 Å². The van der Waals surface area contributed by atoms with Gasteiger partial charge in [-0.05, 0) is 6.92 Å². The average molecular weight is 138 g/mol. The topological polar surface area (TPSA) is 26.3 Å². The molecular formula is C8H10O2. The van der Waals surface area contributed by atoms with Gasteiger partial charge in [0, 0.05) is 0 Å². The summed E-state index contributed by atoms with van der Waals surface area (Å²) >= 11 is 0. The number of terminal acetylenes is 1. The van der Waals surface area contributed by atoms with Gasteiger partial charge in [-0.3, -0.25) is 4.79 Å². The van der Waals surface area contributed by atoms with E-state index in [0.717, 1.165) is 0 Å². The van der Waals surface area contributed by atoms with Crippen LogP contribution in [-0.4, -0.2) is 12.1 Å². The van der Waals surface area contributed by atoms with E-state index in [-0.39, 0.29) is 23.9 Å². The lowest BCUT2D eigenvalue weighted by atomic mass is 9.94. The first-order valence-corrected chi connectivity index (χ1v) is 3.33. The highest BCUT2D eigenvalue weighted by molar-refractivity contribution is 5.75. The van der Waals surface area contributed by atoms with Crippen LogP contribution < -0.4 is 0 Å². The van der Waals surface area contributed by atoms with Gasteiger partial charge in [0.25, 0.3) is 0 Å². The fourth-order valence-corrected chi connectivity index (χ4v) is 1.20. The molecule has 0 aromatic rings. The van der Waals surface area contributed by atoms with Crippen LogP contribution in [0.25, 0.3) is 0 Å². The first kappa shape index (κ1) is 7.14. The Morgan fingerprint density at radius 3 is 2.40 bits per heavy atom. The number of carbonyl (C=O) groups is 1. The normalized spacial score (nSPS) is 38.9. The lowest BCUT2D eigenvalue weighted by molar-refractivity contribution is -0.143. The molecule has 3 atom stereocenters. The SMILES string of the molecule is C#C[C@@H]1[C@H](C)OC(=O)[C@H]1C. The van der Waals surface area contributed by atoms with Gasteiger partial charge in [-0.2, -0.15) is 0 Å². The van der Waals surface area contributed by atoms with Crippen molar-refractivity contribution in [2.45, 2.75) is 20.0 Å². The summed E-state index contributed by atoms with van der Waals surface area (Å²) in [4.78, 5) is 10.8. The van der Waals surface area contributed by atoms with E-state index in [1.807, 2.05) is 6.92 Å². The van der Waals surface area contributed by atoms with E-state index in [0.29, 0.717) is 0 Å². The maximum Gasteiger partial charge on any atom is 0.310 e. The number of cyclic esters (lactones) is 1. The minimum atomic E-state index is -0.171. The molecule has 2 heteroatoms. The Hall–Kier alpha value is -0.970. The van der Waals surface area contributed by atoms with Crippen molar-refractivity contribution >= 4 is 5.97 Å². The second-order valence-corrected chi connectivity index (χ2v) is 2.62. The number of hydrogen-bond donors (Lipinski definition) is 0. The first-order chi connectivity index (χ1) is 4.66. The molecule has 0 unspecified atom stereocenters. The van der Waals surface area contributed by atoms with Crippen LogP contribution in [-0.2, 0) is 9.53 Å². The Kier molecular flexibility index (Phi) is 1.67. The monoisotopic (exact) mass is 138 g/mol. The molecule has 0 bridgehead atoms. The summed E-state index contributed by atoms with van der Waals surface area (Å²) in [5.74, 6) is 2.22. The van der Waals surface area contributed by atoms with Crippen molar-refractivity contribution in [3.8, 4) is 12.3 Å². The maximum atomic E-state index is 10.8. The molecule has 0 aliphatic carbocycles. The minimum Gasteiger partial charge on any atom is -0.461 e. The maximum absolute atomic E-state index is 10.8. The van der Waals surface area contributed by atoms with Crippen LogP contribution in [0.4, 0.5) is 0 Å². The number of ether oxygens (including phenoxy) is 1. The molecule has 54 valence electrons. The van der Waals surface area contributed by atoms with Gasteiger partial charge in [-0.1, -0.05) is 12.8 Å². The highest BCUT2D eigenvalue weighted by atomic mass is 16.6. The number of carbonyl (C=O) groups excluding carboxylic acids is 1. The van der Waals surface area contributed by atoms with E-state index >= 15 is 0 Å². The molecule has 1 aliphatic rings. The third-order valence-electron chi connectivity index (χ3n) is 1.91. The summed E-state index contributed by atoms with van der Waals surface area (Å²) in [6, 6.07) is 0. The molecule has 0 spiro atoms. The van der Waals surface area contributed by atoms with Gasteiger partial charge in [0.05, 0.1) is 11.8 Å². The summed E-state index contributed by atoms with van der Waals surface area (Å²) in [7, 11) is 0. The van der Waals surface area contributed by atoms with Gasteiger partial charge in [-0.25, -0.2) is 0 Å². The molecule has 0 amide bonds. The van der Waals surface area contributed by atoms with Gasteiger partial charge in [0.2, 0.25) is 0 Å². The molecule has 0 saturated carbocycles. The Balaban J connectivity index is 2.76. The van der Waals surface area contributed by atoms with Gasteiger partial charge >= 0.3 is 5.97 Å². The molecule has 0 N–H and O–H groups in total. The molecule has 1 aliphatic heterocycles. The second-order valence-electron chi connectivity index (χ2n) is 2.62. The fraction of sp³-hybridized carbons (Fsp3) is 0.625. The van der Waals surface area contributed by atoms with E-state index in [1.54, 1.807) is 6.92 Å². The summed E-state index contributed by atoms with van der Waals surface area (Å²) < 4.78 is 4.90. The van der Waals surface area contributed by atoms with Crippen LogP contribution in [0.3, 0.4) is 0 Å². The lowest BCUT2D eigenvalue weighted by Crippen LogP contribution is -2.13. The largest absolute Gasteiger partial charge is 0.461 e. The zero-order chi connectivity index (χ0) is 7.72. The van der Waals surface area contributed by atoms with Crippen LogP contribution in [0.2, 0.25) is 0 Å². The van der Waals surface area contributed by atoms with E-state index in [9.17, 15) is 4.79 Å². The Morgan fingerprint density at radius 1 is 1.60 bits per heavy atom. The Morgan fingerprint density at radius 2 is 2.20 bits per heavy atom. The Labute approximate surface area is 60.6 Å². The Bertz CT molecular complexity index is 190. The van der Waals surface area contributed by atoms with Crippen molar-refractivity contribution in [1.82, 2.24) is 0 Å². The molecule has 2 nitrogen and oxygen atoms in total. The van der Waals surface area contributed by atoms with Gasteiger partial charge < -0.3 is 4.74 Å². The van der Waals surface area contributed by atoms with E-state index in [1.165, 1.54) is 0 Å². The molecule has 1 saturated heterocycles. The summed E-state index contributed by atoms with van der Waals surface area (Å²) in [5.41, 5.74) is 0. The standard InChI is InChI=1S/C8H10O2/c1-4-7-5(2)8(9)10-6(7)3/h1,5-7H,2-3H3/t5-,6-,7-/m0/s1. The molecule has 0 aromatic carbocycles. The van der Waals surface area contributed by atoms with Crippen LogP contribution >= 0.6 is 0 Å².